The predicted octanol–water partition coefficient (Wildman–Crippen LogP) is 2.70. The van der Waals surface area contributed by atoms with Crippen molar-refractivity contribution in [1.29, 1.82) is 0 Å². The highest BCUT2D eigenvalue weighted by Crippen LogP contribution is 2.24. The highest BCUT2D eigenvalue weighted by molar-refractivity contribution is 6.01. The Morgan fingerprint density at radius 3 is 2.73 bits per heavy atom. The Morgan fingerprint density at radius 2 is 1.91 bits per heavy atom. The van der Waals surface area contributed by atoms with E-state index in [0.29, 0.717) is 11.1 Å². The first-order chi connectivity index (χ1) is 10.8. The lowest BCUT2D eigenvalue weighted by molar-refractivity contribution is 0.0955. The number of aromatic nitrogens is 1. The number of amides is 1. The quantitative estimate of drug-likeness (QED) is 0.575. The standard InChI is InChI=1S/C17H13N3O2/c21-15-9-8-13(14-7-4-10-18-16(14)15)11-19-20-17(22)12-5-2-1-3-6-12/h1-11,21H,(H,20,22). The lowest BCUT2D eigenvalue weighted by Gasteiger charge is -2.03. The second kappa shape index (κ2) is 6.05. The van der Waals surface area contributed by atoms with Gasteiger partial charge in [-0.1, -0.05) is 24.3 Å². The van der Waals surface area contributed by atoms with E-state index in [2.05, 4.69) is 15.5 Å². The summed E-state index contributed by atoms with van der Waals surface area (Å²) in [5, 5.41) is 14.5. The number of aromatic hydroxyl groups is 1. The molecule has 0 aliphatic rings. The van der Waals surface area contributed by atoms with Crippen molar-refractivity contribution in [2.24, 2.45) is 5.10 Å². The van der Waals surface area contributed by atoms with Crippen molar-refractivity contribution in [2.75, 3.05) is 0 Å². The minimum atomic E-state index is -0.280. The molecule has 2 aromatic carbocycles. The van der Waals surface area contributed by atoms with Crippen LogP contribution in [0, 0.1) is 0 Å². The number of phenols is 1. The summed E-state index contributed by atoms with van der Waals surface area (Å²) in [5.74, 6) is -0.167. The lowest BCUT2D eigenvalue weighted by Crippen LogP contribution is -2.17. The molecule has 2 N–H and O–H groups in total. The Balaban J connectivity index is 1.82. The number of hydrogen-bond acceptors (Lipinski definition) is 4. The minimum Gasteiger partial charge on any atom is -0.506 e. The van der Waals surface area contributed by atoms with Crippen LogP contribution in [0.25, 0.3) is 10.9 Å². The van der Waals surface area contributed by atoms with Crippen LogP contribution in [0.2, 0.25) is 0 Å². The summed E-state index contributed by atoms with van der Waals surface area (Å²) in [5.41, 5.74) is 4.27. The minimum absolute atomic E-state index is 0.112. The summed E-state index contributed by atoms with van der Waals surface area (Å²) in [4.78, 5) is 16.0. The molecule has 0 aliphatic heterocycles. The zero-order chi connectivity index (χ0) is 15.4. The molecule has 3 aromatic rings. The van der Waals surface area contributed by atoms with Crippen LogP contribution in [0.15, 0.2) is 65.9 Å². The molecule has 0 saturated carbocycles. The first-order valence-corrected chi connectivity index (χ1v) is 6.71. The molecule has 0 atom stereocenters. The number of hydrogen-bond donors (Lipinski definition) is 2. The summed E-state index contributed by atoms with van der Waals surface area (Å²) in [7, 11) is 0. The number of nitrogens with zero attached hydrogens (tertiary/aromatic N) is 2. The molecule has 22 heavy (non-hydrogen) atoms. The molecule has 0 bridgehead atoms. The SMILES string of the molecule is O=C(NN=Cc1ccc(O)c2ncccc12)c1ccccc1. The Morgan fingerprint density at radius 1 is 1.09 bits per heavy atom. The van der Waals surface area contributed by atoms with Crippen LogP contribution in [0.5, 0.6) is 5.75 Å². The molecule has 0 unspecified atom stereocenters. The smallest absolute Gasteiger partial charge is 0.271 e. The molecular weight excluding hydrogens is 278 g/mol. The van der Waals surface area contributed by atoms with Gasteiger partial charge in [0.1, 0.15) is 11.3 Å². The van der Waals surface area contributed by atoms with Crippen molar-refractivity contribution < 1.29 is 9.90 Å². The molecule has 0 aliphatic carbocycles. The van der Waals surface area contributed by atoms with Gasteiger partial charge >= 0.3 is 0 Å². The molecule has 0 fully saturated rings. The third-order valence-electron chi connectivity index (χ3n) is 3.19. The number of nitrogens with one attached hydrogen (secondary N) is 1. The molecule has 0 spiro atoms. The molecule has 5 nitrogen and oxygen atoms in total. The lowest BCUT2D eigenvalue weighted by atomic mass is 10.1. The number of benzene rings is 2. The highest BCUT2D eigenvalue weighted by Gasteiger charge is 2.05. The van der Waals surface area contributed by atoms with E-state index in [0.717, 1.165) is 10.9 Å². The summed E-state index contributed by atoms with van der Waals surface area (Å²) < 4.78 is 0. The van der Waals surface area contributed by atoms with Crippen LogP contribution in [-0.4, -0.2) is 22.2 Å². The molecule has 3 rings (SSSR count). The molecular formula is C17H13N3O2. The van der Waals surface area contributed by atoms with Crippen molar-refractivity contribution in [3.63, 3.8) is 0 Å². The zero-order valence-corrected chi connectivity index (χ0v) is 11.6. The van der Waals surface area contributed by atoms with Crippen LogP contribution >= 0.6 is 0 Å². The highest BCUT2D eigenvalue weighted by atomic mass is 16.3. The van der Waals surface area contributed by atoms with Crippen LogP contribution in [-0.2, 0) is 0 Å². The van der Waals surface area contributed by atoms with Gasteiger partial charge in [0.15, 0.2) is 0 Å². The normalized spacial score (nSPS) is 10.9. The second-order valence-electron chi connectivity index (χ2n) is 4.64. The van der Waals surface area contributed by atoms with Gasteiger partial charge in [-0.25, -0.2) is 5.43 Å². The Hall–Kier alpha value is -3.21. The number of carbonyl (C=O) groups excluding carboxylic acids is 1. The Bertz CT molecular complexity index is 845. The number of pyridine rings is 1. The molecule has 1 heterocycles. The van der Waals surface area contributed by atoms with E-state index < -0.39 is 0 Å². The Labute approximate surface area is 126 Å². The van der Waals surface area contributed by atoms with Crippen LogP contribution in [0.4, 0.5) is 0 Å². The van der Waals surface area contributed by atoms with Gasteiger partial charge in [0, 0.05) is 22.7 Å². The second-order valence-corrected chi connectivity index (χ2v) is 4.64. The first kappa shape index (κ1) is 13.8. The van der Waals surface area contributed by atoms with E-state index in [4.69, 9.17) is 0 Å². The van der Waals surface area contributed by atoms with Crippen molar-refractivity contribution >= 4 is 23.0 Å². The number of hydrazone groups is 1. The van der Waals surface area contributed by atoms with E-state index in [1.807, 2.05) is 12.1 Å². The van der Waals surface area contributed by atoms with Gasteiger partial charge in [-0.15, -0.1) is 0 Å². The van der Waals surface area contributed by atoms with E-state index in [1.54, 1.807) is 48.7 Å². The molecule has 0 radical (unpaired) electrons. The number of phenolic OH excluding ortho intramolecular Hbond substituents is 1. The topological polar surface area (TPSA) is 74.6 Å². The number of carbonyl (C=O) groups is 1. The maximum absolute atomic E-state index is 11.9. The monoisotopic (exact) mass is 291 g/mol. The zero-order valence-electron chi connectivity index (χ0n) is 11.6. The number of fused-ring (bicyclic) bond motifs is 1. The summed E-state index contributed by atoms with van der Waals surface area (Å²) in [6.45, 7) is 0. The van der Waals surface area contributed by atoms with Gasteiger partial charge < -0.3 is 5.11 Å². The van der Waals surface area contributed by atoms with Gasteiger partial charge in [-0.3, -0.25) is 9.78 Å². The summed E-state index contributed by atoms with van der Waals surface area (Å²) >= 11 is 0. The average Bonchev–Trinajstić information content (AvgIpc) is 2.58. The molecule has 0 saturated heterocycles. The fraction of sp³-hybridized carbons (Fsp3) is 0. The van der Waals surface area contributed by atoms with Crippen molar-refractivity contribution in [3.05, 3.63) is 71.9 Å². The van der Waals surface area contributed by atoms with Gasteiger partial charge in [-0.2, -0.15) is 5.10 Å². The molecule has 1 amide bonds. The average molecular weight is 291 g/mol. The summed E-state index contributed by atoms with van der Waals surface area (Å²) in [6, 6.07) is 15.7. The van der Waals surface area contributed by atoms with Crippen molar-refractivity contribution in [1.82, 2.24) is 10.4 Å². The van der Waals surface area contributed by atoms with E-state index in [9.17, 15) is 9.90 Å². The van der Waals surface area contributed by atoms with E-state index in [-0.39, 0.29) is 11.7 Å². The molecule has 108 valence electrons. The van der Waals surface area contributed by atoms with E-state index in [1.165, 1.54) is 6.21 Å². The molecule has 5 heteroatoms. The third kappa shape index (κ3) is 2.78. The maximum Gasteiger partial charge on any atom is 0.271 e. The summed E-state index contributed by atoms with van der Waals surface area (Å²) in [6.07, 6.45) is 3.14. The van der Waals surface area contributed by atoms with Gasteiger partial charge in [0.05, 0.1) is 6.21 Å². The largest absolute Gasteiger partial charge is 0.506 e. The Kier molecular flexibility index (Phi) is 3.78. The first-order valence-electron chi connectivity index (χ1n) is 6.71. The van der Waals surface area contributed by atoms with Gasteiger partial charge in [0.2, 0.25) is 0 Å². The fourth-order valence-electron chi connectivity index (χ4n) is 2.11. The predicted molar refractivity (Wildman–Crippen MR) is 84.9 cm³/mol. The maximum atomic E-state index is 11.9. The van der Waals surface area contributed by atoms with Crippen LogP contribution < -0.4 is 5.43 Å². The number of rotatable bonds is 3. The molecule has 1 aromatic heterocycles. The van der Waals surface area contributed by atoms with E-state index >= 15 is 0 Å². The third-order valence-corrected chi connectivity index (χ3v) is 3.19. The fourth-order valence-corrected chi connectivity index (χ4v) is 2.11. The van der Waals surface area contributed by atoms with Gasteiger partial charge in [0.25, 0.3) is 5.91 Å². The van der Waals surface area contributed by atoms with Crippen molar-refractivity contribution in [2.45, 2.75) is 0 Å². The van der Waals surface area contributed by atoms with Crippen molar-refractivity contribution in [3.8, 4) is 5.75 Å². The van der Waals surface area contributed by atoms with Crippen LogP contribution in [0.3, 0.4) is 0 Å². The van der Waals surface area contributed by atoms with Gasteiger partial charge in [-0.05, 0) is 30.3 Å². The van der Waals surface area contributed by atoms with Crippen LogP contribution in [0.1, 0.15) is 15.9 Å².